The summed E-state index contributed by atoms with van der Waals surface area (Å²) in [4.78, 5) is 0. The number of halogens is 3. The molecule has 1 aromatic carbocycles. The molecule has 0 radical (unpaired) electrons. The Kier molecular flexibility index (Phi) is 4.43. The Morgan fingerprint density at radius 2 is 2.22 bits per heavy atom. The van der Waals surface area contributed by atoms with Crippen LogP contribution in [0.25, 0.3) is 0 Å². The second kappa shape index (κ2) is 5.87. The summed E-state index contributed by atoms with van der Waals surface area (Å²) in [7, 11) is 1.83. The van der Waals surface area contributed by atoms with Crippen molar-refractivity contribution in [2.75, 3.05) is 7.05 Å². The van der Waals surface area contributed by atoms with Crippen molar-refractivity contribution in [2.45, 2.75) is 12.5 Å². The Labute approximate surface area is 118 Å². The van der Waals surface area contributed by atoms with Gasteiger partial charge in [0.15, 0.2) is 4.67 Å². The van der Waals surface area contributed by atoms with Crippen LogP contribution in [-0.2, 0) is 6.42 Å². The SMILES string of the molecule is CNC(Cc1cc(Cl)ccc1F)c1ccoc1Br. The minimum Gasteiger partial charge on any atom is -0.457 e. The first-order chi connectivity index (χ1) is 8.61. The standard InChI is InChI=1S/C13H12BrClFNO/c1-17-12(10-4-5-18-13(10)14)7-8-6-9(15)2-3-11(8)16/h2-6,12,17H,7H2,1H3. The van der Waals surface area contributed by atoms with Crippen LogP contribution in [0.2, 0.25) is 5.02 Å². The molecule has 96 valence electrons. The molecule has 0 spiro atoms. The van der Waals surface area contributed by atoms with Crippen LogP contribution in [0.5, 0.6) is 0 Å². The fraction of sp³-hybridized carbons (Fsp3) is 0.231. The molecule has 0 bridgehead atoms. The summed E-state index contributed by atoms with van der Waals surface area (Å²) in [6, 6.07) is 6.39. The van der Waals surface area contributed by atoms with Gasteiger partial charge < -0.3 is 9.73 Å². The third-order valence-electron chi connectivity index (χ3n) is 2.80. The van der Waals surface area contributed by atoms with Crippen molar-refractivity contribution in [1.29, 1.82) is 0 Å². The van der Waals surface area contributed by atoms with Crippen LogP contribution in [0.3, 0.4) is 0 Å². The van der Waals surface area contributed by atoms with Crippen LogP contribution in [0.1, 0.15) is 17.2 Å². The number of likely N-dealkylation sites (N-methyl/N-ethyl adjacent to an activating group) is 1. The molecule has 0 fully saturated rings. The molecular formula is C13H12BrClFNO. The maximum absolute atomic E-state index is 13.7. The highest BCUT2D eigenvalue weighted by Crippen LogP contribution is 2.28. The van der Waals surface area contributed by atoms with E-state index >= 15 is 0 Å². The van der Waals surface area contributed by atoms with E-state index in [0.717, 1.165) is 5.56 Å². The number of furan rings is 1. The van der Waals surface area contributed by atoms with Crippen molar-refractivity contribution in [3.8, 4) is 0 Å². The Balaban J connectivity index is 2.26. The minimum absolute atomic E-state index is 0.0360. The topological polar surface area (TPSA) is 25.2 Å². The zero-order chi connectivity index (χ0) is 13.1. The van der Waals surface area contributed by atoms with E-state index in [9.17, 15) is 4.39 Å². The Morgan fingerprint density at radius 3 is 2.83 bits per heavy atom. The predicted octanol–water partition coefficient (Wildman–Crippen LogP) is 4.34. The van der Waals surface area contributed by atoms with Crippen LogP contribution in [0.4, 0.5) is 4.39 Å². The van der Waals surface area contributed by atoms with Gasteiger partial charge in [-0.2, -0.15) is 0 Å². The normalized spacial score (nSPS) is 12.7. The van der Waals surface area contributed by atoms with Crippen molar-refractivity contribution < 1.29 is 8.81 Å². The fourth-order valence-electron chi connectivity index (χ4n) is 1.84. The largest absolute Gasteiger partial charge is 0.457 e. The van der Waals surface area contributed by atoms with E-state index in [1.54, 1.807) is 18.4 Å². The summed E-state index contributed by atoms with van der Waals surface area (Å²) < 4.78 is 19.5. The zero-order valence-corrected chi connectivity index (χ0v) is 12.1. The lowest BCUT2D eigenvalue weighted by atomic mass is 10.0. The van der Waals surface area contributed by atoms with E-state index in [-0.39, 0.29) is 11.9 Å². The highest BCUT2D eigenvalue weighted by Gasteiger charge is 2.17. The number of nitrogens with one attached hydrogen (secondary N) is 1. The summed E-state index contributed by atoms with van der Waals surface area (Å²) in [5, 5.41) is 3.68. The van der Waals surface area contributed by atoms with Crippen LogP contribution in [0, 0.1) is 5.82 Å². The van der Waals surface area contributed by atoms with Crippen molar-refractivity contribution in [3.05, 3.63) is 57.2 Å². The molecule has 0 amide bonds. The van der Waals surface area contributed by atoms with E-state index in [0.29, 0.717) is 21.7 Å². The van der Waals surface area contributed by atoms with E-state index in [4.69, 9.17) is 16.0 Å². The van der Waals surface area contributed by atoms with Gasteiger partial charge in [-0.3, -0.25) is 0 Å². The first kappa shape index (κ1) is 13.6. The molecule has 0 aliphatic carbocycles. The molecule has 5 heteroatoms. The lowest BCUT2D eigenvalue weighted by molar-refractivity contribution is 0.512. The molecular weight excluding hydrogens is 321 g/mol. The van der Waals surface area contributed by atoms with Crippen molar-refractivity contribution in [2.24, 2.45) is 0 Å². The molecule has 1 aromatic heterocycles. The molecule has 1 N–H and O–H groups in total. The number of benzene rings is 1. The highest BCUT2D eigenvalue weighted by atomic mass is 79.9. The zero-order valence-electron chi connectivity index (χ0n) is 9.71. The third kappa shape index (κ3) is 2.94. The van der Waals surface area contributed by atoms with E-state index in [1.165, 1.54) is 6.07 Å². The molecule has 1 unspecified atom stereocenters. The number of hydrogen-bond donors (Lipinski definition) is 1. The molecule has 1 heterocycles. The molecule has 2 nitrogen and oxygen atoms in total. The van der Waals surface area contributed by atoms with Gasteiger partial charge in [0.1, 0.15) is 5.82 Å². The second-order valence-corrected chi connectivity index (χ2v) is 5.09. The maximum Gasteiger partial charge on any atom is 0.173 e. The minimum atomic E-state index is -0.251. The van der Waals surface area contributed by atoms with Crippen molar-refractivity contribution >= 4 is 27.5 Å². The molecule has 18 heavy (non-hydrogen) atoms. The lowest BCUT2D eigenvalue weighted by Gasteiger charge is -2.15. The average molecular weight is 333 g/mol. The van der Waals surface area contributed by atoms with Gasteiger partial charge in [-0.25, -0.2) is 4.39 Å². The van der Waals surface area contributed by atoms with Gasteiger partial charge in [0.25, 0.3) is 0 Å². The second-order valence-electron chi connectivity index (χ2n) is 3.93. The predicted molar refractivity (Wildman–Crippen MR) is 73.3 cm³/mol. The molecule has 0 aliphatic heterocycles. The Hall–Kier alpha value is -0.840. The van der Waals surface area contributed by atoms with Gasteiger partial charge in [-0.1, -0.05) is 11.6 Å². The van der Waals surface area contributed by atoms with Crippen LogP contribution < -0.4 is 5.32 Å². The Morgan fingerprint density at radius 1 is 1.44 bits per heavy atom. The number of hydrogen-bond acceptors (Lipinski definition) is 2. The molecule has 0 saturated heterocycles. The fourth-order valence-corrected chi connectivity index (χ4v) is 2.55. The van der Waals surface area contributed by atoms with Crippen LogP contribution in [0.15, 0.2) is 39.6 Å². The summed E-state index contributed by atoms with van der Waals surface area (Å²) in [5.41, 5.74) is 1.53. The van der Waals surface area contributed by atoms with E-state index in [1.807, 2.05) is 13.1 Å². The van der Waals surface area contributed by atoms with Gasteiger partial charge >= 0.3 is 0 Å². The van der Waals surface area contributed by atoms with Gasteiger partial charge in [-0.15, -0.1) is 0 Å². The highest BCUT2D eigenvalue weighted by molar-refractivity contribution is 9.10. The molecule has 2 aromatic rings. The third-order valence-corrected chi connectivity index (χ3v) is 3.68. The van der Waals surface area contributed by atoms with E-state index in [2.05, 4.69) is 21.2 Å². The molecule has 0 saturated carbocycles. The molecule has 0 aliphatic rings. The van der Waals surface area contributed by atoms with Crippen LogP contribution >= 0.6 is 27.5 Å². The van der Waals surface area contributed by atoms with Gasteiger partial charge in [0, 0.05) is 16.6 Å². The smallest absolute Gasteiger partial charge is 0.173 e. The van der Waals surface area contributed by atoms with Crippen molar-refractivity contribution in [3.63, 3.8) is 0 Å². The van der Waals surface area contributed by atoms with E-state index < -0.39 is 0 Å². The molecule has 1 atom stereocenters. The summed E-state index contributed by atoms with van der Waals surface area (Å²) in [5.74, 6) is -0.251. The maximum atomic E-state index is 13.7. The van der Waals surface area contributed by atoms with Crippen LogP contribution in [-0.4, -0.2) is 7.05 Å². The van der Waals surface area contributed by atoms with Crippen molar-refractivity contribution in [1.82, 2.24) is 5.32 Å². The van der Waals surface area contributed by atoms with Gasteiger partial charge in [0.2, 0.25) is 0 Å². The first-order valence-corrected chi connectivity index (χ1v) is 6.63. The summed E-state index contributed by atoms with van der Waals surface area (Å²) in [6.07, 6.45) is 2.10. The summed E-state index contributed by atoms with van der Waals surface area (Å²) in [6.45, 7) is 0. The molecule has 2 rings (SSSR count). The number of rotatable bonds is 4. The summed E-state index contributed by atoms with van der Waals surface area (Å²) >= 11 is 9.21. The monoisotopic (exact) mass is 331 g/mol. The van der Waals surface area contributed by atoms with Gasteiger partial charge in [-0.05, 0) is 59.2 Å². The quantitative estimate of drug-likeness (QED) is 0.901. The Bertz CT molecular complexity index is 544. The van der Waals surface area contributed by atoms with Gasteiger partial charge in [0.05, 0.1) is 6.26 Å². The first-order valence-electron chi connectivity index (χ1n) is 5.46. The lowest BCUT2D eigenvalue weighted by Crippen LogP contribution is -2.19. The average Bonchev–Trinajstić information content (AvgIpc) is 2.77.